The number of nitrogens with one attached hydrogen (secondary N) is 2. The summed E-state index contributed by atoms with van der Waals surface area (Å²) in [6.45, 7) is 3.94. The van der Waals surface area contributed by atoms with Crippen molar-refractivity contribution in [2.75, 3.05) is 26.2 Å². The number of amides is 2. The van der Waals surface area contributed by atoms with Crippen LogP contribution < -0.4 is 10.6 Å². The summed E-state index contributed by atoms with van der Waals surface area (Å²) in [6.07, 6.45) is -0.807. The minimum atomic E-state index is -4.41. The summed E-state index contributed by atoms with van der Waals surface area (Å²) >= 11 is 0. The first-order chi connectivity index (χ1) is 13.1. The van der Waals surface area contributed by atoms with Gasteiger partial charge in [-0.1, -0.05) is 13.8 Å². The van der Waals surface area contributed by atoms with Gasteiger partial charge in [0, 0.05) is 13.1 Å². The van der Waals surface area contributed by atoms with Crippen molar-refractivity contribution in [2.24, 2.45) is 5.92 Å². The second kappa shape index (κ2) is 9.39. The van der Waals surface area contributed by atoms with Crippen molar-refractivity contribution in [1.82, 2.24) is 14.9 Å². The van der Waals surface area contributed by atoms with Gasteiger partial charge in [-0.05, 0) is 30.5 Å². The fourth-order valence-electron chi connectivity index (χ4n) is 2.54. The van der Waals surface area contributed by atoms with E-state index in [0.717, 1.165) is 16.4 Å². The van der Waals surface area contributed by atoms with Gasteiger partial charge >= 0.3 is 11.8 Å². The van der Waals surface area contributed by atoms with E-state index in [4.69, 9.17) is 4.74 Å². The first-order valence-electron chi connectivity index (χ1n) is 8.77. The highest BCUT2D eigenvalue weighted by Gasteiger charge is 2.36. The number of carbonyl (C=O) groups excluding carboxylic acids is 2. The molecule has 1 atom stereocenters. The third-order valence-corrected chi connectivity index (χ3v) is 5.85. The molecule has 28 heavy (non-hydrogen) atoms. The van der Waals surface area contributed by atoms with Crippen LogP contribution in [-0.2, 0) is 24.3 Å². The molecule has 8 nitrogen and oxygen atoms in total. The first-order valence-corrected chi connectivity index (χ1v) is 10.2. The number of benzene rings is 1. The number of hydrogen-bond acceptors (Lipinski definition) is 5. The highest BCUT2D eigenvalue weighted by molar-refractivity contribution is 7.89. The average molecular weight is 419 g/mol. The molecule has 0 aromatic heterocycles. The molecule has 0 bridgehead atoms. The molecule has 0 radical (unpaired) electrons. The van der Waals surface area contributed by atoms with E-state index in [0.29, 0.717) is 19.0 Å². The van der Waals surface area contributed by atoms with Gasteiger partial charge in [-0.15, -0.1) is 0 Å². The number of ether oxygens (including phenoxy) is 1. The molecule has 1 aromatic carbocycles. The van der Waals surface area contributed by atoms with E-state index in [1.807, 2.05) is 13.8 Å². The number of halogens is 2. The Bertz CT molecular complexity index is 832. The van der Waals surface area contributed by atoms with Crippen LogP contribution in [0.15, 0.2) is 23.1 Å². The van der Waals surface area contributed by atoms with E-state index in [9.17, 15) is 26.8 Å². The Kier molecular flexibility index (Phi) is 7.44. The Balaban J connectivity index is 2.10. The molecule has 1 fully saturated rings. The maximum atomic E-state index is 14.0. The van der Waals surface area contributed by atoms with Crippen LogP contribution in [0.3, 0.4) is 0 Å². The zero-order valence-electron chi connectivity index (χ0n) is 15.6. The molecule has 2 amide bonds. The van der Waals surface area contributed by atoms with Crippen LogP contribution >= 0.6 is 0 Å². The van der Waals surface area contributed by atoms with Gasteiger partial charge in [-0.2, -0.15) is 4.31 Å². The molecule has 1 aromatic rings. The number of nitrogens with zero attached hydrogens (tertiary/aromatic N) is 1. The fraction of sp³-hybridized carbons (Fsp3) is 0.529. The molecule has 1 unspecified atom stereocenters. The van der Waals surface area contributed by atoms with Crippen LogP contribution in [0.4, 0.5) is 8.78 Å². The lowest BCUT2D eigenvalue weighted by Gasteiger charge is -2.34. The zero-order valence-corrected chi connectivity index (χ0v) is 16.4. The van der Waals surface area contributed by atoms with Crippen molar-refractivity contribution in [3.05, 3.63) is 29.8 Å². The van der Waals surface area contributed by atoms with Crippen LogP contribution in [0.2, 0.25) is 0 Å². The highest BCUT2D eigenvalue weighted by Crippen LogP contribution is 2.24. The van der Waals surface area contributed by atoms with Crippen molar-refractivity contribution in [3.8, 4) is 0 Å². The van der Waals surface area contributed by atoms with Crippen LogP contribution in [0.25, 0.3) is 0 Å². The normalized spacial score (nSPS) is 18.1. The Labute approximate surface area is 162 Å². The van der Waals surface area contributed by atoms with Gasteiger partial charge in [0.05, 0.1) is 13.2 Å². The number of carbonyl (C=O) groups is 2. The van der Waals surface area contributed by atoms with Gasteiger partial charge in [0.1, 0.15) is 22.8 Å². The van der Waals surface area contributed by atoms with Crippen molar-refractivity contribution < 1.29 is 31.5 Å². The quantitative estimate of drug-likeness (QED) is 0.657. The molecule has 0 aliphatic carbocycles. The molecule has 1 aliphatic rings. The zero-order chi connectivity index (χ0) is 20.9. The molecule has 1 saturated heterocycles. The molecule has 0 spiro atoms. The predicted octanol–water partition coefficient (Wildman–Crippen LogP) is 0.590. The third kappa shape index (κ3) is 5.46. The molecule has 2 rings (SSSR count). The second-order valence-corrected chi connectivity index (χ2v) is 8.54. The van der Waals surface area contributed by atoms with Gasteiger partial charge in [-0.3, -0.25) is 9.59 Å². The summed E-state index contributed by atoms with van der Waals surface area (Å²) in [6, 6.07) is 2.13. The minimum Gasteiger partial charge on any atom is -0.360 e. The van der Waals surface area contributed by atoms with Crippen LogP contribution in [-0.4, -0.2) is 57.0 Å². The summed E-state index contributed by atoms with van der Waals surface area (Å²) in [7, 11) is -4.41. The lowest BCUT2D eigenvalue weighted by atomic mass is 10.2. The van der Waals surface area contributed by atoms with Gasteiger partial charge in [-0.25, -0.2) is 17.2 Å². The Morgan fingerprint density at radius 2 is 1.93 bits per heavy atom. The third-order valence-electron chi connectivity index (χ3n) is 3.95. The van der Waals surface area contributed by atoms with E-state index in [1.54, 1.807) is 0 Å². The summed E-state index contributed by atoms with van der Waals surface area (Å²) in [5.41, 5.74) is 0. The molecule has 156 valence electrons. The minimum absolute atomic E-state index is 0.00162. The van der Waals surface area contributed by atoms with Crippen molar-refractivity contribution in [2.45, 2.75) is 31.4 Å². The van der Waals surface area contributed by atoms with E-state index in [1.165, 1.54) is 0 Å². The topological polar surface area (TPSA) is 105 Å². The Morgan fingerprint density at radius 1 is 1.25 bits per heavy atom. The van der Waals surface area contributed by atoms with Crippen molar-refractivity contribution in [1.29, 1.82) is 0 Å². The molecule has 1 heterocycles. The number of sulfonamides is 1. The lowest BCUT2D eigenvalue weighted by molar-refractivity contribution is -0.140. The number of rotatable bonds is 6. The smallest absolute Gasteiger partial charge is 0.309 e. The van der Waals surface area contributed by atoms with Gasteiger partial charge < -0.3 is 15.4 Å². The predicted molar refractivity (Wildman–Crippen MR) is 95.5 cm³/mol. The standard InChI is InChI=1S/C17H23F2N3O5S/c1-11(2)9-20-16(23)17(24)21-10-15-22(6-3-7-27-15)28(25,26)14-8-12(18)4-5-13(14)19/h4-5,8,11,15H,3,6-7,9-10H2,1-2H3,(H,20,23)(H,21,24). The molecule has 0 saturated carbocycles. The Hall–Kier alpha value is -2.11. The summed E-state index contributed by atoms with van der Waals surface area (Å²) in [5.74, 6) is -3.63. The SMILES string of the molecule is CC(C)CNC(=O)C(=O)NCC1OCCCN1S(=O)(=O)c1cc(F)ccc1F. The van der Waals surface area contributed by atoms with Gasteiger partial charge in [0.25, 0.3) is 0 Å². The lowest BCUT2D eigenvalue weighted by Crippen LogP contribution is -2.53. The molecular formula is C17H23F2N3O5S. The van der Waals surface area contributed by atoms with E-state index >= 15 is 0 Å². The maximum Gasteiger partial charge on any atom is 0.309 e. The van der Waals surface area contributed by atoms with E-state index < -0.39 is 44.6 Å². The summed E-state index contributed by atoms with van der Waals surface area (Å²) in [5, 5.41) is 4.74. The van der Waals surface area contributed by atoms with Gasteiger partial charge in [0.2, 0.25) is 10.0 Å². The Morgan fingerprint density at radius 3 is 2.61 bits per heavy atom. The highest BCUT2D eigenvalue weighted by atomic mass is 32.2. The van der Waals surface area contributed by atoms with E-state index in [2.05, 4.69) is 10.6 Å². The second-order valence-electron chi connectivity index (χ2n) is 6.68. The van der Waals surface area contributed by atoms with Crippen molar-refractivity contribution in [3.63, 3.8) is 0 Å². The van der Waals surface area contributed by atoms with Crippen LogP contribution in [0, 0.1) is 17.6 Å². The van der Waals surface area contributed by atoms with Crippen LogP contribution in [0.5, 0.6) is 0 Å². The van der Waals surface area contributed by atoms with Crippen LogP contribution in [0.1, 0.15) is 20.3 Å². The fourth-order valence-corrected chi connectivity index (χ4v) is 4.18. The van der Waals surface area contributed by atoms with E-state index in [-0.39, 0.29) is 25.6 Å². The monoisotopic (exact) mass is 419 g/mol. The molecule has 11 heteroatoms. The average Bonchev–Trinajstić information content (AvgIpc) is 2.66. The summed E-state index contributed by atoms with van der Waals surface area (Å²) in [4.78, 5) is 22.8. The largest absolute Gasteiger partial charge is 0.360 e. The number of hydrogen-bond donors (Lipinski definition) is 2. The molecule has 2 N–H and O–H groups in total. The van der Waals surface area contributed by atoms with Gasteiger partial charge in [0.15, 0.2) is 0 Å². The molecule has 1 aliphatic heterocycles. The van der Waals surface area contributed by atoms with Crippen molar-refractivity contribution >= 4 is 21.8 Å². The maximum absolute atomic E-state index is 14.0. The molecular weight excluding hydrogens is 396 g/mol. The summed E-state index contributed by atoms with van der Waals surface area (Å²) < 4.78 is 59.2. The first kappa shape index (κ1) is 22.2.